The third kappa shape index (κ3) is 1.28. The van der Waals surface area contributed by atoms with Gasteiger partial charge in [0.15, 0.2) is 11.5 Å². The van der Waals surface area contributed by atoms with Crippen molar-refractivity contribution in [1.29, 1.82) is 0 Å². The summed E-state index contributed by atoms with van der Waals surface area (Å²) in [6.07, 6.45) is 0.960. The maximum absolute atomic E-state index is 5.71. The van der Waals surface area contributed by atoms with Gasteiger partial charge in [0.25, 0.3) is 0 Å². The minimum absolute atomic E-state index is 0.349. The molecule has 0 saturated carbocycles. The molecule has 2 aliphatic heterocycles. The highest BCUT2D eigenvalue weighted by molar-refractivity contribution is 5.61. The molecule has 2 aromatic rings. The molecule has 0 radical (unpaired) electrons. The zero-order valence-electron chi connectivity index (χ0n) is 11.1. The maximum Gasteiger partial charge on any atom is 0.231 e. The zero-order chi connectivity index (χ0) is 13.1. The van der Waals surface area contributed by atoms with E-state index >= 15 is 0 Å². The highest BCUT2D eigenvalue weighted by Crippen LogP contribution is 2.47. The van der Waals surface area contributed by atoms with Gasteiger partial charge in [0.2, 0.25) is 6.79 Å². The maximum atomic E-state index is 5.71. The van der Waals surface area contributed by atoms with E-state index < -0.39 is 0 Å². The lowest BCUT2D eigenvalue weighted by Crippen LogP contribution is -2.32. The topological polar surface area (TPSA) is 30.5 Å². The van der Waals surface area contributed by atoms with Crippen molar-refractivity contribution < 1.29 is 9.47 Å². The number of hydrogen-bond acceptors (Lipinski definition) is 3. The van der Waals surface area contributed by atoms with Crippen molar-refractivity contribution in [2.24, 2.45) is 0 Å². The monoisotopic (exact) mass is 265 g/mol. The van der Waals surface area contributed by atoms with Gasteiger partial charge in [0, 0.05) is 31.0 Å². The van der Waals surface area contributed by atoms with E-state index in [1.165, 1.54) is 27.8 Å². The van der Waals surface area contributed by atoms with Crippen LogP contribution in [0.1, 0.15) is 33.7 Å². The van der Waals surface area contributed by atoms with Crippen molar-refractivity contribution in [2.45, 2.75) is 18.9 Å². The number of benzene rings is 2. The molecule has 1 atom stereocenters. The summed E-state index contributed by atoms with van der Waals surface area (Å²) in [5.74, 6) is 2.31. The van der Waals surface area contributed by atoms with Gasteiger partial charge < -0.3 is 14.8 Å². The van der Waals surface area contributed by atoms with Crippen LogP contribution in [0.2, 0.25) is 0 Å². The quantitative estimate of drug-likeness (QED) is 0.794. The molecule has 1 N–H and O–H groups in total. The molecule has 2 aromatic carbocycles. The van der Waals surface area contributed by atoms with E-state index in [4.69, 9.17) is 9.47 Å². The van der Waals surface area contributed by atoms with Crippen molar-refractivity contribution in [2.75, 3.05) is 13.3 Å². The Labute approximate surface area is 117 Å². The van der Waals surface area contributed by atoms with Crippen LogP contribution in [0.15, 0.2) is 30.3 Å². The lowest BCUT2D eigenvalue weighted by molar-refractivity contribution is 0.173. The number of hydrogen-bond donors (Lipinski definition) is 1. The Morgan fingerprint density at radius 1 is 1.05 bits per heavy atom. The molecule has 0 fully saturated rings. The van der Waals surface area contributed by atoms with Gasteiger partial charge in [0.1, 0.15) is 0 Å². The van der Waals surface area contributed by atoms with E-state index in [1.807, 2.05) is 0 Å². The highest BCUT2D eigenvalue weighted by Gasteiger charge is 2.33. The van der Waals surface area contributed by atoms with Crippen LogP contribution >= 0.6 is 0 Å². The van der Waals surface area contributed by atoms with Gasteiger partial charge in [0.05, 0.1) is 0 Å². The summed E-state index contributed by atoms with van der Waals surface area (Å²) in [4.78, 5) is 0. The van der Waals surface area contributed by atoms with E-state index in [0.29, 0.717) is 12.7 Å². The molecule has 0 aromatic heterocycles. The van der Waals surface area contributed by atoms with Crippen LogP contribution < -0.4 is 14.8 Å². The number of fused-ring (bicyclic) bond motifs is 4. The Balaban J connectivity index is 1.78. The van der Waals surface area contributed by atoms with Crippen molar-refractivity contribution in [3.8, 4) is 11.5 Å². The van der Waals surface area contributed by atoms with Gasteiger partial charge >= 0.3 is 0 Å². The van der Waals surface area contributed by atoms with Crippen molar-refractivity contribution in [1.82, 2.24) is 5.32 Å². The summed E-state index contributed by atoms with van der Waals surface area (Å²) in [5, 5.41) is 3.54. The molecule has 2 heterocycles. The summed E-state index contributed by atoms with van der Waals surface area (Å²) in [6.45, 7) is 2.35. The first kappa shape index (κ1) is 10.7. The van der Waals surface area contributed by atoms with Gasteiger partial charge in [-0.05, 0) is 28.3 Å². The van der Waals surface area contributed by atoms with Crippen LogP contribution in [-0.4, -0.2) is 13.3 Å². The van der Waals surface area contributed by atoms with E-state index in [1.54, 1.807) is 0 Å². The molecule has 0 unspecified atom stereocenters. The first-order valence-corrected chi connectivity index (χ1v) is 7.14. The standard InChI is InChI=1S/C17H15NO2/c1-2-10-6-13-12(4-5-15-17(13)20-9-19-15)14-8-18-7-11(3-1)16(10)14/h1-5,14,18H,6-9H2/t14-/m1/s1. The predicted octanol–water partition coefficient (Wildman–Crippen LogP) is 2.55. The molecule has 5 rings (SSSR count). The summed E-state index contributed by atoms with van der Waals surface area (Å²) in [6, 6.07) is 11.0. The van der Waals surface area contributed by atoms with Crippen molar-refractivity contribution in [3.63, 3.8) is 0 Å². The SMILES string of the molecule is c1cc2c3c(c1)Cc1c(ccc4c1OCO4)[C@H]3CNC2. The lowest BCUT2D eigenvalue weighted by Gasteiger charge is -2.34. The Bertz CT molecular complexity index is 723. The first-order chi connectivity index (χ1) is 9.92. The van der Waals surface area contributed by atoms with Gasteiger partial charge in [-0.25, -0.2) is 0 Å². The second kappa shape index (κ2) is 3.76. The molecule has 100 valence electrons. The molecular weight excluding hydrogens is 250 g/mol. The molecular formula is C17H15NO2. The minimum atomic E-state index is 0.349. The fraction of sp³-hybridized carbons (Fsp3) is 0.294. The summed E-state index contributed by atoms with van der Waals surface area (Å²) in [7, 11) is 0. The largest absolute Gasteiger partial charge is 0.454 e. The van der Waals surface area contributed by atoms with E-state index in [-0.39, 0.29) is 0 Å². The Kier molecular flexibility index (Phi) is 2.02. The van der Waals surface area contributed by atoms with Crippen LogP contribution in [0.25, 0.3) is 0 Å². The summed E-state index contributed by atoms with van der Waals surface area (Å²) < 4.78 is 11.2. The fourth-order valence-corrected chi connectivity index (χ4v) is 3.89. The van der Waals surface area contributed by atoms with Crippen LogP contribution in [0.5, 0.6) is 11.5 Å². The van der Waals surface area contributed by atoms with Gasteiger partial charge in [-0.2, -0.15) is 0 Å². The molecule has 3 heteroatoms. The molecule has 3 aliphatic rings. The Hall–Kier alpha value is -2.00. The molecule has 1 aliphatic carbocycles. The summed E-state index contributed by atoms with van der Waals surface area (Å²) >= 11 is 0. The molecule has 0 saturated heterocycles. The van der Waals surface area contributed by atoms with Gasteiger partial charge in [-0.3, -0.25) is 0 Å². The van der Waals surface area contributed by atoms with Crippen LogP contribution in [-0.2, 0) is 13.0 Å². The zero-order valence-corrected chi connectivity index (χ0v) is 11.1. The smallest absolute Gasteiger partial charge is 0.231 e. The van der Waals surface area contributed by atoms with Crippen LogP contribution in [0.3, 0.4) is 0 Å². The lowest BCUT2D eigenvalue weighted by atomic mass is 9.74. The average molecular weight is 265 g/mol. The minimum Gasteiger partial charge on any atom is -0.454 e. The molecule has 20 heavy (non-hydrogen) atoms. The molecule has 0 amide bonds. The highest BCUT2D eigenvalue weighted by atomic mass is 16.7. The number of nitrogens with one attached hydrogen (secondary N) is 1. The normalized spacial score (nSPS) is 21.3. The third-order valence-electron chi connectivity index (χ3n) is 4.72. The first-order valence-electron chi connectivity index (χ1n) is 7.14. The second-order valence-corrected chi connectivity index (χ2v) is 5.72. The fourth-order valence-electron chi connectivity index (χ4n) is 3.89. The Morgan fingerprint density at radius 2 is 2.00 bits per heavy atom. The van der Waals surface area contributed by atoms with E-state index in [9.17, 15) is 0 Å². The summed E-state index contributed by atoms with van der Waals surface area (Å²) in [5.41, 5.74) is 7.16. The second-order valence-electron chi connectivity index (χ2n) is 5.72. The Morgan fingerprint density at radius 3 is 3.00 bits per heavy atom. The van der Waals surface area contributed by atoms with Crippen molar-refractivity contribution >= 4 is 0 Å². The predicted molar refractivity (Wildman–Crippen MR) is 75.4 cm³/mol. The molecule has 0 spiro atoms. The average Bonchev–Trinajstić information content (AvgIpc) is 2.97. The number of rotatable bonds is 0. The van der Waals surface area contributed by atoms with Gasteiger partial charge in [-0.15, -0.1) is 0 Å². The molecule has 0 bridgehead atoms. The third-order valence-corrected chi connectivity index (χ3v) is 4.72. The number of ether oxygens (including phenoxy) is 2. The van der Waals surface area contributed by atoms with Crippen LogP contribution in [0, 0.1) is 0 Å². The molecule has 3 nitrogen and oxygen atoms in total. The van der Waals surface area contributed by atoms with E-state index in [0.717, 1.165) is 31.0 Å². The van der Waals surface area contributed by atoms with Crippen molar-refractivity contribution in [3.05, 3.63) is 58.1 Å². The van der Waals surface area contributed by atoms with E-state index in [2.05, 4.69) is 35.6 Å². The van der Waals surface area contributed by atoms with Gasteiger partial charge in [-0.1, -0.05) is 24.3 Å². The van der Waals surface area contributed by atoms with Crippen LogP contribution in [0.4, 0.5) is 0 Å².